The third-order valence-corrected chi connectivity index (χ3v) is 4.40. The van der Waals surface area contributed by atoms with Gasteiger partial charge in [0.05, 0.1) is 18.6 Å². The summed E-state index contributed by atoms with van der Waals surface area (Å²) in [7, 11) is 0. The summed E-state index contributed by atoms with van der Waals surface area (Å²) in [4.78, 5) is 23.8. The van der Waals surface area contributed by atoms with E-state index in [1.165, 1.54) is 0 Å². The highest BCUT2D eigenvalue weighted by Crippen LogP contribution is 2.30. The molecule has 0 bridgehead atoms. The van der Waals surface area contributed by atoms with Gasteiger partial charge in [-0.1, -0.05) is 13.8 Å². The van der Waals surface area contributed by atoms with E-state index in [2.05, 4.69) is 5.32 Å². The highest BCUT2D eigenvalue weighted by atomic mass is 16.5. The molecule has 2 N–H and O–H groups in total. The van der Waals surface area contributed by atoms with Crippen LogP contribution in [0.15, 0.2) is 18.2 Å². The van der Waals surface area contributed by atoms with Gasteiger partial charge in [-0.05, 0) is 31.0 Å². The van der Waals surface area contributed by atoms with Crippen molar-refractivity contribution in [3.63, 3.8) is 0 Å². The number of ether oxygens (including phenoxy) is 2. The van der Waals surface area contributed by atoms with Crippen molar-refractivity contribution >= 4 is 11.9 Å². The summed E-state index contributed by atoms with van der Waals surface area (Å²) in [5.74, 6) is -0.0266. The summed E-state index contributed by atoms with van der Waals surface area (Å²) in [5, 5.41) is 12.1. The standard InChI is InChI=1S/C17H23NO5/c1-3-17(4-2,16(20)21)11-18-15(19)12-6-7-13-14(10-12)23-9-5-8-22-13/h6-7,10H,3-5,8-9,11H2,1-2H3,(H,18,19)(H,20,21). The number of aliphatic carboxylic acids is 1. The summed E-state index contributed by atoms with van der Waals surface area (Å²) in [6.07, 6.45) is 1.71. The van der Waals surface area contributed by atoms with Crippen molar-refractivity contribution in [1.29, 1.82) is 0 Å². The van der Waals surface area contributed by atoms with E-state index in [4.69, 9.17) is 9.47 Å². The molecule has 0 atom stereocenters. The second-order valence-electron chi connectivity index (χ2n) is 5.69. The second-order valence-corrected chi connectivity index (χ2v) is 5.69. The van der Waals surface area contributed by atoms with Gasteiger partial charge < -0.3 is 19.9 Å². The first-order chi connectivity index (χ1) is 11.0. The highest BCUT2D eigenvalue weighted by Gasteiger charge is 2.35. The number of carboxylic acid groups (broad SMARTS) is 1. The first kappa shape index (κ1) is 17.1. The molecule has 1 aliphatic heterocycles. The van der Waals surface area contributed by atoms with Crippen LogP contribution in [0.25, 0.3) is 0 Å². The molecule has 1 amide bonds. The molecular formula is C17H23NO5. The van der Waals surface area contributed by atoms with Gasteiger partial charge in [-0.2, -0.15) is 0 Å². The lowest BCUT2D eigenvalue weighted by Crippen LogP contribution is -2.42. The quantitative estimate of drug-likeness (QED) is 0.841. The molecule has 6 nitrogen and oxygen atoms in total. The molecule has 0 saturated carbocycles. The maximum Gasteiger partial charge on any atom is 0.311 e. The van der Waals surface area contributed by atoms with Crippen molar-refractivity contribution in [2.45, 2.75) is 33.1 Å². The van der Waals surface area contributed by atoms with Gasteiger partial charge in [-0.25, -0.2) is 0 Å². The van der Waals surface area contributed by atoms with Gasteiger partial charge in [-0.3, -0.25) is 9.59 Å². The van der Waals surface area contributed by atoms with Crippen LogP contribution in [0.1, 0.15) is 43.5 Å². The molecule has 0 unspecified atom stereocenters. The molecule has 23 heavy (non-hydrogen) atoms. The average Bonchev–Trinajstić information content (AvgIpc) is 2.80. The maximum absolute atomic E-state index is 12.3. The number of amides is 1. The molecule has 1 aliphatic rings. The van der Waals surface area contributed by atoms with Gasteiger partial charge >= 0.3 is 5.97 Å². The number of hydrogen-bond donors (Lipinski definition) is 2. The fourth-order valence-corrected chi connectivity index (χ4v) is 2.53. The normalized spacial score (nSPS) is 14.0. The van der Waals surface area contributed by atoms with Crippen molar-refractivity contribution in [2.75, 3.05) is 19.8 Å². The number of hydrogen-bond acceptors (Lipinski definition) is 4. The lowest BCUT2D eigenvalue weighted by Gasteiger charge is -2.26. The van der Waals surface area contributed by atoms with Crippen LogP contribution in [-0.4, -0.2) is 36.7 Å². The van der Waals surface area contributed by atoms with E-state index >= 15 is 0 Å². The molecule has 0 spiro atoms. The Balaban J connectivity index is 2.09. The van der Waals surface area contributed by atoms with Gasteiger partial charge in [0, 0.05) is 18.5 Å². The molecule has 0 aromatic heterocycles. The Labute approximate surface area is 135 Å². The van der Waals surface area contributed by atoms with Gasteiger partial charge in [0.2, 0.25) is 0 Å². The van der Waals surface area contributed by atoms with Crippen LogP contribution in [0.2, 0.25) is 0 Å². The lowest BCUT2D eigenvalue weighted by atomic mass is 9.82. The molecular weight excluding hydrogens is 298 g/mol. The smallest absolute Gasteiger partial charge is 0.311 e. The Morgan fingerprint density at radius 3 is 2.43 bits per heavy atom. The summed E-state index contributed by atoms with van der Waals surface area (Å²) >= 11 is 0. The van der Waals surface area contributed by atoms with Gasteiger partial charge in [-0.15, -0.1) is 0 Å². The molecule has 0 fully saturated rings. The SMILES string of the molecule is CCC(CC)(CNC(=O)c1ccc2c(c1)OCCCO2)C(=O)O. The van der Waals surface area contributed by atoms with E-state index in [0.29, 0.717) is 43.1 Å². The van der Waals surface area contributed by atoms with E-state index in [1.54, 1.807) is 18.2 Å². The summed E-state index contributed by atoms with van der Waals surface area (Å²) in [5.41, 5.74) is -0.498. The molecule has 0 radical (unpaired) electrons. The van der Waals surface area contributed by atoms with E-state index < -0.39 is 11.4 Å². The average molecular weight is 321 g/mol. The van der Waals surface area contributed by atoms with Gasteiger partial charge in [0.25, 0.3) is 5.91 Å². The van der Waals surface area contributed by atoms with Gasteiger partial charge in [0.1, 0.15) is 0 Å². The molecule has 0 aliphatic carbocycles. The predicted octanol–water partition coefficient (Wildman–Crippen LogP) is 2.47. The number of carbonyl (C=O) groups excluding carboxylic acids is 1. The Morgan fingerprint density at radius 1 is 1.17 bits per heavy atom. The van der Waals surface area contributed by atoms with Crippen LogP contribution >= 0.6 is 0 Å². The first-order valence-electron chi connectivity index (χ1n) is 7.93. The number of carboxylic acids is 1. The number of rotatable bonds is 6. The van der Waals surface area contributed by atoms with Crippen molar-refractivity contribution in [1.82, 2.24) is 5.32 Å². The van der Waals surface area contributed by atoms with Gasteiger partial charge in [0.15, 0.2) is 11.5 Å². The monoisotopic (exact) mass is 321 g/mol. The Hall–Kier alpha value is -2.24. The van der Waals surface area contributed by atoms with Crippen molar-refractivity contribution in [3.05, 3.63) is 23.8 Å². The van der Waals surface area contributed by atoms with Crippen LogP contribution in [0.4, 0.5) is 0 Å². The maximum atomic E-state index is 12.3. The minimum Gasteiger partial charge on any atom is -0.490 e. The third-order valence-electron chi connectivity index (χ3n) is 4.40. The second kappa shape index (κ2) is 7.35. The first-order valence-corrected chi connectivity index (χ1v) is 7.93. The van der Waals surface area contributed by atoms with Crippen molar-refractivity contribution in [2.24, 2.45) is 5.41 Å². The highest BCUT2D eigenvalue weighted by molar-refractivity contribution is 5.95. The fraction of sp³-hybridized carbons (Fsp3) is 0.529. The molecule has 1 aromatic carbocycles. The zero-order chi connectivity index (χ0) is 16.9. The largest absolute Gasteiger partial charge is 0.490 e. The van der Waals surface area contributed by atoms with Crippen LogP contribution in [-0.2, 0) is 4.79 Å². The van der Waals surface area contributed by atoms with E-state index in [0.717, 1.165) is 6.42 Å². The van der Waals surface area contributed by atoms with Crippen LogP contribution in [0.5, 0.6) is 11.5 Å². The zero-order valence-electron chi connectivity index (χ0n) is 13.6. The summed E-state index contributed by atoms with van der Waals surface area (Å²) in [6, 6.07) is 5.00. The van der Waals surface area contributed by atoms with E-state index in [9.17, 15) is 14.7 Å². The Morgan fingerprint density at radius 2 is 1.83 bits per heavy atom. The molecule has 6 heteroatoms. The Bertz CT molecular complexity index is 580. The van der Waals surface area contributed by atoms with E-state index in [1.807, 2.05) is 13.8 Å². The topological polar surface area (TPSA) is 84.9 Å². The zero-order valence-corrected chi connectivity index (χ0v) is 13.6. The molecule has 126 valence electrons. The number of nitrogens with one attached hydrogen (secondary N) is 1. The minimum absolute atomic E-state index is 0.0998. The summed E-state index contributed by atoms with van der Waals surface area (Å²) < 4.78 is 11.1. The minimum atomic E-state index is -0.930. The van der Waals surface area contributed by atoms with Crippen LogP contribution in [0.3, 0.4) is 0 Å². The number of benzene rings is 1. The molecule has 1 aromatic rings. The molecule has 0 saturated heterocycles. The Kier molecular flexibility index (Phi) is 5.47. The van der Waals surface area contributed by atoms with Crippen LogP contribution < -0.4 is 14.8 Å². The van der Waals surface area contributed by atoms with E-state index in [-0.39, 0.29) is 12.5 Å². The molecule has 1 heterocycles. The van der Waals surface area contributed by atoms with Crippen LogP contribution in [0, 0.1) is 5.41 Å². The molecule has 2 rings (SSSR count). The van der Waals surface area contributed by atoms with Crippen molar-refractivity contribution < 1.29 is 24.2 Å². The lowest BCUT2D eigenvalue weighted by molar-refractivity contribution is -0.149. The number of fused-ring (bicyclic) bond motifs is 1. The fourth-order valence-electron chi connectivity index (χ4n) is 2.53. The van der Waals surface area contributed by atoms with Crippen molar-refractivity contribution in [3.8, 4) is 11.5 Å². The summed E-state index contributed by atoms with van der Waals surface area (Å²) in [6.45, 7) is 4.87. The predicted molar refractivity (Wildman–Crippen MR) is 85.0 cm³/mol. The third kappa shape index (κ3) is 3.75. The number of carbonyl (C=O) groups is 2.